The highest BCUT2D eigenvalue weighted by atomic mass is 16.5. The summed E-state index contributed by atoms with van der Waals surface area (Å²) in [7, 11) is 1.45. The van der Waals surface area contributed by atoms with Crippen molar-refractivity contribution in [1.82, 2.24) is 26.6 Å². The average molecular weight is 643 g/mol. The molecule has 0 saturated heterocycles. The van der Waals surface area contributed by atoms with Crippen LogP contribution in [0.15, 0.2) is 0 Å². The van der Waals surface area contributed by atoms with E-state index in [9.17, 15) is 38.4 Å². The molecule has 45 heavy (non-hydrogen) atoms. The number of carbonyl (C=O) groups excluding carboxylic acids is 8. The smallest absolute Gasteiger partial charge is 0.246 e. The molecule has 5 atom stereocenters. The average Bonchev–Trinajstić information content (AvgIpc) is 2.98. The minimum absolute atomic E-state index is 0.100. The number of carbonyl (C=O) groups is 8. The van der Waals surface area contributed by atoms with Gasteiger partial charge in [0.15, 0.2) is 0 Å². The first-order chi connectivity index (χ1) is 21.6. The van der Waals surface area contributed by atoms with Gasteiger partial charge in [-0.2, -0.15) is 0 Å². The molecule has 0 rings (SSSR count). The maximum absolute atomic E-state index is 13.5. The Morgan fingerprint density at radius 3 is 1.47 bits per heavy atom. The molecular formula is C30H51N5O10. The molecule has 0 bridgehead atoms. The Kier molecular flexibility index (Phi) is 19.9. The summed E-state index contributed by atoms with van der Waals surface area (Å²) in [5, 5.41) is 12.5. The fourth-order valence-corrected chi connectivity index (χ4v) is 3.72. The van der Waals surface area contributed by atoms with E-state index in [0.29, 0.717) is 12.6 Å². The van der Waals surface area contributed by atoms with Gasteiger partial charge in [-0.1, -0.05) is 41.5 Å². The molecule has 15 heteroatoms. The standard InChI is InChI=1S/C30H51N5O10/c1-18(2)23(14-36)32-26(39)10-8-21(31-28(41)17-45-13-12-44-7)29(42)34-22(30(43)35-25(16-38)20(5)6)9-11-27(40)33-24(15-37)19(3)4/h14-16,18-25H,8-13,17H2,1-7H3,(H,31,41)(H,32,39)(H,33,40)(H,34,42)(H,35,43)/i16D. The zero-order chi connectivity index (χ0) is 35.4. The molecule has 0 saturated carbocycles. The molecule has 0 aliphatic carbocycles. The van der Waals surface area contributed by atoms with Crippen LogP contribution in [0, 0.1) is 17.8 Å². The van der Waals surface area contributed by atoms with E-state index in [1.54, 1.807) is 41.5 Å². The first-order valence-electron chi connectivity index (χ1n) is 15.5. The molecule has 0 heterocycles. The van der Waals surface area contributed by atoms with E-state index in [1.165, 1.54) is 7.11 Å². The third-order valence-corrected chi connectivity index (χ3v) is 6.75. The van der Waals surface area contributed by atoms with E-state index in [0.717, 1.165) is 0 Å². The highest BCUT2D eigenvalue weighted by Gasteiger charge is 2.30. The lowest BCUT2D eigenvalue weighted by Gasteiger charge is -2.25. The number of hydrogen-bond donors (Lipinski definition) is 5. The molecular weight excluding hydrogens is 590 g/mol. The van der Waals surface area contributed by atoms with Crippen LogP contribution in [0.4, 0.5) is 0 Å². The Morgan fingerprint density at radius 2 is 1.07 bits per heavy atom. The fourth-order valence-electron chi connectivity index (χ4n) is 3.72. The van der Waals surface area contributed by atoms with Crippen molar-refractivity contribution in [2.24, 2.45) is 17.8 Å². The van der Waals surface area contributed by atoms with Crippen LogP contribution < -0.4 is 26.6 Å². The minimum Gasteiger partial charge on any atom is -0.382 e. The second kappa shape index (κ2) is 22.7. The van der Waals surface area contributed by atoms with Crippen LogP contribution in [0.3, 0.4) is 0 Å². The number of nitrogens with one attached hydrogen (secondary N) is 5. The third kappa shape index (κ3) is 17.4. The van der Waals surface area contributed by atoms with Crippen LogP contribution in [0.2, 0.25) is 0 Å². The second-order valence-corrected chi connectivity index (χ2v) is 11.6. The summed E-state index contributed by atoms with van der Waals surface area (Å²) in [6, 6.07) is -5.48. The van der Waals surface area contributed by atoms with Crippen molar-refractivity contribution >= 4 is 48.4 Å². The molecule has 256 valence electrons. The zero-order valence-corrected chi connectivity index (χ0v) is 27.3. The Labute approximate surface area is 266 Å². The normalized spacial score (nSPS) is 14.8. The number of methoxy groups -OCH3 is 1. The predicted octanol–water partition coefficient (Wildman–Crippen LogP) is -0.801. The predicted molar refractivity (Wildman–Crippen MR) is 164 cm³/mol. The highest BCUT2D eigenvalue weighted by molar-refractivity contribution is 5.93. The zero-order valence-electron chi connectivity index (χ0n) is 28.3. The number of ether oxygens (including phenoxy) is 2. The van der Waals surface area contributed by atoms with E-state index < -0.39 is 78.5 Å². The number of amides is 5. The molecule has 5 unspecified atom stereocenters. The second-order valence-electron chi connectivity index (χ2n) is 11.6. The number of aldehydes is 3. The van der Waals surface area contributed by atoms with E-state index in [2.05, 4.69) is 26.6 Å². The van der Waals surface area contributed by atoms with Gasteiger partial charge < -0.3 is 50.4 Å². The molecule has 0 aromatic heterocycles. The van der Waals surface area contributed by atoms with Gasteiger partial charge in [0.1, 0.15) is 38.9 Å². The van der Waals surface area contributed by atoms with Crippen molar-refractivity contribution in [2.45, 2.75) is 97.4 Å². The third-order valence-electron chi connectivity index (χ3n) is 6.75. The van der Waals surface area contributed by atoms with Gasteiger partial charge in [0.25, 0.3) is 0 Å². The van der Waals surface area contributed by atoms with Gasteiger partial charge in [0.2, 0.25) is 29.5 Å². The maximum atomic E-state index is 13.5. The van der Waals surface area contributed by atoms with E-state index in [-0.39, 0.29) is 50.7 Å². The van der Waals surface area contributed by atoms with Gasteiger partial charge in [-0.15, -0.1) is 0 Å². The topological polar surface area (TPSA) is 215 Å². The van der Waals surface area contributed by atoms with Crippen LogP contribution in [-0.4, -0.2) is 106 Å². The lowest BCUT2D eigenvalue weighted by molar-refractivity contribution is -0.135. The Bertz CT molecular complexity index is 1040. The largest absolute Gasteiger partial charge is 0.382 e. The van der Waals surface area contributed by atoms with Crippen molar-refractivity contribution in [2.75, 3.05) is 26.9 Å². The number of hydrogen-bond acceptors (Lipinski definition) is 10. The first kappa shape index (κ1) is 39.3. The first-order valence-corrected chi connectivity index (χ1v) is 15.0. The maximum Gasteiger partial charge on any atom is 0.246 e. The van der Waals surface area contributed by atoms with Crippen molar-refractivity contribution in [3.05, 3.63) is 0 Å². The molecule has 0 aromatic rings. The Hall–Kier alpha value is -3.72. The van der Waals surface area contributed by atoms with Crippen molar-refractivity contribution < 1.29 is 49.2 Å². The summed E-state index contributed by atoms with van der Waals surface area (Å²) < 4.78 is 17.6. The summed E-state index contributed by atoms with van der Waals surface area (Å²) in [6.45, 7) is 10.1. The molecule has 0 aromatic carbocycles. The molecule has 0 aliphatic rings. The molecule has 0 radical (unpaired) electrons. The van der Waals surface area contributed by atoms with Crippen LogP contribution >= 0.6 is 0 Å². The van der Waals surface area contributed by atoms with Gasteiger partial charge in [-0.05, 0) is 30.6 Å². The lowest BCUT2D eigenvalue weighted by Crippen LogP contribution is -2.56. The van der Waals surface area contributed by atoms with E-state index in [4.69, 9.17) is 10.8 Å². The number of rotatable bonds is 24. The molecule has 5 amide bonds. The summed E-state index contributed by atoms with van der Waals surface area (Å²) >= 11 is 0. The Balaban J connectivity index is 6.01. The summed E-state index contributed by atoms with van der Waals surface area (Å²) in [5.74, 6) is -4.39. The van der Waals surface area contributed by atoms with Gasteiger partial charge >= 0.3 is 0 Å². The minimum atomic E-state index is -1.40. The van der Waals surface area contributed by atoms with Crippen molar-refractivity contribution in [3.63, 3.8) is 0 Å². The monoisotopic (exact) mass is 642 g/mol. The molecule has 0 spiro atoms. The summed E-state index contributed by atoms with van der Waals surface area (Å²) in [4.78, 5) is 98.9. The summed E-state index contributed by atoms with van der Waals surface area (Å²) in [5.41, 5.74) is 0. The van der Waals surface area contributed by atoms with Gasteiger partial charge in [0, 0.05) is 20.0 Å². The van der Waals surface area contributed by atoms with Gasteiger partial charge in [-0.3, -0.25) is 24.0 Å². The molecule has 0 fully saturated rings. The molecule has 0 aliphatic heterocycles. The van der Waals surface area contributed by atoms with Crippen LogP contribution in [0.5, 0.6) is 0 Å². The van der Waals surface area contributed by atoms with Crippen molar-refractivity contribution in [1.29, 1.82) is 0 Å². The van der Waals surface area contributed by atoms with Crippen molar-refractivity contribution in [3.8, 4) is 0 Å². The van der Waals surface area contributed by atoms with Crippen LogP contribution in [-0.2, 0) is 47.8 Å². The fraction of sp³-hybridized carbons (Fsp3) is 0.733. The van der Waals surface area contributed by atoms with E-state index in [1.807, 2.05) is 0 Å². The lowest BCUT2D eigenvalue weighted by atomic mass is 10.0. The molecule has 15 nitrogen and oxygen atoms in total. The van der Waals surface area contributed by atoms with Crippen LogP contribution in [0.1, 0.15) is 68.6 Å². The SMILES string of the molecule is [2H]C(=O)C(NC(=O)C(CCC(=O)NC(C=O)C(C)C)NC(=O)C(CCC(=O)NC(C=O)C(C)C)NC(=O)COCCOC)C(C)C. The van der Waals surface area contributed by atoms with Gasteiger partial charge in [-0.25, -0.2) is 0 Å². The molecule has 5 N–H and O–H groups in total. The van der Waals surface area contributed by atoms with Crippen LogP contribution in [0.25, 0.3) is 0 Å². The van der Waals surface area contributed by atoms with E-state index >= 15 is 0 Å². The quantitative estimate of drug-likeness (QED) is 0.0652. The highest BCUT2D eigenvalue weighted by Crippen LogP contribution is 2.08. The Morgan fingerprint density at radius 1 is 0.622 bits per heavy atom. The summed E-state index contributed by atoms with van der Waals surface area (Å²) in [6.07, 6.45) is -0.943. The van der Waals surface area contributed by atoms with Gasteiger partial charge in [0.05, 0.1) is 31.3 Å².